The van der Waals surface area contributed by atoms with E-state index in [2.05, 4.69) is 0 Å². The largest absolute Gasteiger partial charge is 0.465 e. The van der Waals surface area contributed by atoms with Crippen LogP contribution in [0.15, 0.2) is 57.8 Å². The Kier molecular flexibility index (Phi) is 5.27. The molecule has 0 aliphatic heterocycles. The zero-order valence-corrected chi connectivity index (χ0v) is 23.8. The van der Waals surface area contributed by atoms with E-state index in [9.17, 15) is 43.3 Å². The third kappa shape index (κ3) is 6.46. The molecule has 0 radical (unpaired) electrons. The number of hydrogen-bond acceptors (Lipinski definition) is 7. The fourth-order valence-electron chi connectivity index (χ4n) is 5.18. The molecule has 2 aliphatic rings. The van der Waals surface area contributed by atoms with Gasteiger partial charge in [0.05, 0.1) is 38.0 Å². The van der Waals surface area contributed by atoms with Gasteiger partial charge in [-0.15, -0.1) is 0 Å². The lowest BCUT2D eigenvalue weighted by Crippen LogP contribution is -2.71. The number of aliphatic hydroxyl groups is 1. The summed E-state index contributed by atoms with van der Waals surface area (Å²) < 4.78 is 171. The van der Waals surface area contributed by atoms with Crippen LogP contribution in [-0.2, 0) is 21.2 Å². The Labute approximate surface area is 271 Å². The Morgan fingerprint density at radius 3 is 2.70 bits per heavy atom. The van der Waals surface area contributed by atoms with Crippen LogP contribution in [-0.4, -0.2) is 65.1 Å². The lowest BCUT2D eigenvalue weighted by molar-refractivity contribution is -0.127. The van der Waals surface area contributed by atoms with E-state index in [1.54, 1.807) is 5.32 Å². The number of rotatable bonds is 11. The molecule has 1 aromatic carbocycles. The van der Waals surface area contributed by atoms with Gasteiger partial charge in [0.25, 0.3) is 5.78 Å². The van der Waals surface area contributed by atoms with Crippen LogP contribution >= 0.6 is 0 Å². The Bertz CT molecular complexity index is 2130. The fraction of sp³-hybridized carbons (Fsp3) is 0.548. The van der Waals surface area contributed by atoms with Crippen LogP contribution in [0.25, 0.3) is 11.2 Å². The molecule has 2 amide bonds. The van der Waals surface area contributed by atoms with Crippen LogP contribution in [0.4, 0.5) is 4.79 Å². The maximum absolute atomic E-state index is 14.5. The normalized spacial score (nSPS) is 38.1. The van der Waals surface area contributed by atoms with Gasteiger partial charge in [-0.2, -0.15) is 0 Å². The number of furan rings is 2. The number of sulfonamides is 1. The number of nitrogens with one attached hydrogen (secondary N) is 2. The molecule has 12 heteroatoms. The molecule has 5 rings (SSSR count). The van der Waals surface area contributed by atoms with Gasteiger partial charge in [0.1, 0.15) is 5.66 Å². The molecule has 2 fully saturated rings. The molecule has 0 saturated heterocycles. The van der Waals surface area contributed by atoms with Gasteiger partial charge in [0.2, 0.25) is 15.9 Å². The minimum atomic E-state index is -5.93. The molecule has 3 aromatic rings. The van der Waals surface area contributed by atoms with Crippen molar-refractivity contribution in [2.45, 2.75) is 93.9 Å². The number of hydrogen-bond donors (Lipinski definition) is 4. The van der Waals surface area contributed by atoms with Crippen molar-refractivity contribution in [1.29, 1.82) is 0 Å². The molecular weight excluding hydrogens is 574 g/mol. The molecule has 2 aromatic heterocycles. The van der Waals surface area contributed by atoms with Crippen molar-refractivity contribution in [2.24, 2.45) is 5.92 Å². The van der Waals surface area contributed by atoms with Gasteiger partial charge < -0.3 is 24.4 Å². The Morgan fingerprint density at radius 2 is 2.02 bits per heavy atom. The summed E-state index contributed by atoms with van der Waals surface area (Å²) in [6.45, 7) is -3.14. The Morgan fingerprint density at radius 1 is 1.28 bits per heavy atom. The van der Waals surface area contributed by atoms with Crippen LogP contribution in [0.3, 0.4) is 0 Å². The summed E-state index contributed by atoms with van der Waals surface area (Å²) in [4.78, 5) is 26.6. The van der Waals surface area contributed by atoms with E-state index in [4.69, 9.17) is 12.9 Å². The molecule has 43 heavy (non-hydrogen) atoms. The number of amides is 2. The van der Waals surface area contributed by atoms with E-state index in [1.165, 1.54) is 6.07 Å². The molecule has 0 spiro atoms. The molecular formula is C31H41N3O8S. The number of carboxylic acid groups (broad SMARTS) is 1. The van der Waals surface area contributed by atoms with E-state index >= 15 is 0 Å². The quantitative estimate of drug-likeness (QED) is 0.224. The zero-order valence-electron chi connectivity index (χ0n) is 37.0. The maximum atomic E-state index is 14.5. The van der Waals surface area contributed by atoms with Gasteiger partial charge in [-0.25, -0.2) is 17.9 Å². The number of benzene rings is 1. The minimum Gasteiger partial charge on any atom is -0.465 e. The van der Waals surface area contributed by atoms with Gasteiger partial charge in [-0.3, -0.25) is 9.69 Å². The highest BCUT2D eigenvalue weighted by atomic mass is 32.2. The predicted octanol–water partition coefficient (Wildman–Crippen LogP) is 4.58. The van der Waals surface area contributed by atoms with Crippen molar-refractivity contribution in [3.8, 4) is 0 Å². The van der Waals surface area contributed by atoms with Crippen molar-refractivity contribution >= 4 is 33.2 Å². The van der Waals surface area contributed by atoms with Crippen molar-refractivity contribution in [2.75, 3.05) is 6.54 Å². The smallest absolute Gasteiger partial charge is 0.409 e. The van der Waals surface area contributed by atoms with E-state index < -0.39 is 117 Å². The zero-order chi connectivity index (χ0) is 43.2. The fourth-order valence-corrected chi connectivity index (χ4v) is 6.20. The van der Waals surface area contributed by atoms with E-state index in [1.807, 2.05) is 4.72 Å². The molecule has 5 atom stereocenters. The first kappa shape index (κ1) is 17.8. The summed E-state index contributed by atoms with van der Waals surface area (Å²) in [7, 11) is -5.93. The summed E-state index contributed by atoms with van der Waals surface area (Å²) in [6, 6.07) is 1.73. The molecule has 2 saturated carbocycles. The van der Waals surface area contributed by atoms with E-state index in [-0.39, 0.29) is 5.92 Å². The maximum Gasteiger partial charge on any atom is 0.409 e. The average molecular weight is 630 g/mol. The third-order valence-electron chi connectivity index (χ3n) is 7.12. The monoisotopic (exact) mass is 629 g/mol. The number of carbonyl (C=O) groups is 2. The second kappa shape index (κ2) is 12.7. The van der Waals surface area contributed by atoms with Gasteiger partial charge >= 0.3 is 6.09 Å². The lowest BCUT2D eigenvalue weighted by atomic mass is 9.72. The van der Waals surface area contributed by atoms with E-state index in [0.717, 1.165) is 36.6 Å². The first-order valence-electron chi connectivity index (χ1n) is 20.5. The first-order valence-corrected chi connectivity index (χ1v) is 14.8. The van der Waals surface area contributed by atoms with Crippen LogP contribution in [0, 0.1) is 5.92 Å². The summed E-state index contributed by atoms with van der Waals surface area (Å²) >= 11 is 0. The molecule has 2 aliphatic carbocycles. The molecule has 4 unspecified atom stereocenters. The SMILES string of the molecule is [2H]C([2H])C([2H])(O)C([2H])(N(C(=O)O)C1(NC(C)=O)C([2H])([2H])C([2H])([2H])C([2H])(S(=O)(=O)NCC2CCCC2)C([2H])([2H])[C@]1([2H])c1coc2occc12)C([2H])([2H])c1ccccc1. The number of fused-ring (bicyclic) bond motifs is 1. The highest BCUT2D eigenvalue weighted by Gasteiger charge is 2.56. The van der Waals surface area contributed by atoms with Crippen LogP contribution in [0.1, 0.15) is 94.8 Å². The minimum absolute atomic E-state index is 0.386. The van der Waals surface area contributed by atoms with Crippen molar-refractivity contribution in [1.82, 2.24) is 14.9 Å². The highest BCUT2D eigenvalue weighted by Crippen LogP contribution is 2.48. The summed E-state index contributed by atoms with van der Waals surface area (Å²) in [5.41, 5.74) is -6.55. The molecule has 2 heterocycles. The Hall–Kier alpha value is -3.35. The predicted molar refractivity (Wildman–Crippen MR) is 160 cm³/mol. The molecule has 4 N–H and O–H groups in total. The third-order valence-corrected chi connectivity index (χ3v) is 8.41. The molecule has 0 bridgehead atoms. The summed E-state index contributed by atoms with van der Waals surface area (Å²) in [6.07, 6.45) is -21.7. The topological polar surface area (TPSA) is 162 Å². The Balaban J connectivity index is 2.06. The van der Waals surface area contributed by atoms with Crippen molar-refractivity contribution in [3.05, 3.63) is 60.1 Å². The first-order chi connectivity index (χ1) is 25.9. The second-order valence-electron chi connectivity index (χ2n) is 10.1. The molecule has 234 valence electrons. The van der Waals surface area contributed by atoms with Crippen LogP contribution < -0.4 is 10.0 Å². The van der Waals surface area contributed by atoms with Crippen molar-refractivity contribution < 1.29 is 56.2 Å². The second-order valence-corrected chi connectivity index (χ2v) is 11.8. The van der Waals surface area contributed by atoms with Gasteiger partial charge in [-0.05, 0) is 62.8 Å². The van der Waals surface area contributed by atoms with E-state index in [0.29, 0.717) is 38.9 Å². The lowest BCUT2D eigenvalue weighted by Gasteiger charge is -2.54. The number of nitrogens with zero attached hydrogens (tertiary/aromatic N) is 1. The van der Waals surface area contributed by atoms with Gasteiger partial charge in [0.15, 0.2) is 0 Å². The van der Waals surface area contributed by atoms with Gasteiger partial charge in [0, 0.05) is 41.4 Å². The average Bonchev–Trinajstić information content (AvgIpc) is 3.89. The van der Waals surface area contributed by atoms with Crippen LogP contribution in [0.5, 0.6) is 0 Å². The van der Waals surface area contributed by atoms with Crippen LogP contribution in [0.2, 0.25) is 0 Å². The standard InChI is InChI=1S/C31H41N3O8S/c1-20(35)28(16-22-8-4-3-5-9-22)34(30(37)38)31(33-21(2)36)14-12-24(43(39,40)32-18-23-10-6-7-11-23)17-27(31)26-19-42-29-25(26)13-15-41-29/h3-5,8-9,13,15,19-20,23-24,27-28,32,35H,6-7,10-12,14,16-18H2,1-2H3,(H,33,36)(H,37,38)/t20?,24?,27-,28?,31?/m1/s1/i1D2,12D2,14D2,16D2,17D2,20D,24D,27D,28D. The van der Waals surface area contributed by atoms with Crippen molar-refractivity contribution in [3.63, 3.8) is 0 Å². The number of carbonyl (C=O) groups excluding carboxylic acids is 1. The highest BCUT2D eigenvalue weighted by molar-refractivity contribution is 7.90. The molecule has 11 nitrogen and oxygen atoms in total. The van der Waals surface area contributed by atoms with Gasteiger partial charge in [-0.1, -0.05) is 43.2 Å². The summed E-state index contributed by atoms with van der Waals surface area (Å²) in [5, 5.41) is 19.5. The summed E-state index contributed by atoms with van der Waals surface area (Å²) in [5.74, 6) is -7.02.